The highest BCUT2D eigenvalue weighted by Crippen LogP contribution is 2.11. The molecule has 2 heterocycles. The summed E-state index contributed by atoms with van der Waals surface area (Å²) in [5.41, 5.74) is 5.09. The second-order valence-corrected chi connectivity index (χ2v) is 4.93. The molecule has 5 nitrogen and oxygen atoms in total. The molecule has 24 heavy (non-hydrogen) atoms. The minimum Gasteiger partial charge on any atom is -0.298 e. The fraction of sp³-hybridized carbons (Fsp3) is 0. The highest BCUT2D eigenvalue weighted by molar-refractivity contribution is 5.84. The van der Waals surface area contributed by atoms with Crippen molar-refractivity contribution in [3.63, 3.8) is 0 Å². The first-order valence-corrected chi connectivity index (χ1v) is 7.29. The maximum atomic E-state index is 10.4. The van der Waals surface area contributed by atoms with Crippen LogP contribution in [0.5, 0.6) is 0 Å². The molecule has 0 N–H and O–H groups in total. The monoisotopic (exact) mass is 314 g/mol. The lowest BCUT2D eigenvalue weighted by atomic mass is 10.2. The fourth-order valence-corrected chi connectivity index (χ4v) is 2.16. The summed E-state index contributed by atoms with van der Waals surface area (Å²) in [6.45, 7) is 3.69. The Kier molecular flexibility index (Phi) is 4.62. The van der Waals surface area contributed by atoms with Crippen LogP contribution in [0.1, 0.15) is 15.9 Å². The third-order valence-electron chi connectivity index (χ3n) is 3.36. The van der Waals surface area contributed by atoms with Crippen LogP contribution in [0.25, 0.3) is 28.1 Å². The molecule has 0 saturated heterocycles. The Bertz CT molecular complexity index is 931. The minimum absolute atomic E-state index is 0.628. The van der Waals surface area contributed by atoms with Gasteiger partial charge in [-0.3, -0.25) is 24.7 Å². The van der Waals surface area contributed by atoms with Crippen molar-refractivity contribution in [2.24, 2.45) is 0 Å². The van der Waals surface area contributed by atoms with E-state index in [2.05, 4.69) is 26.5 Å². The molecule has 0 aliphatic rings. The molecule has 0 spiro atoms. The number of aromatic nitrogens is 4. The first-order chi connectivity index (χ1) is 11.8. The Morgan fingerprint density at radius 1 is 0.667 bits per heavy atom. The van der Waals surface area contributed by atoms with E-state index in [4.69, 9.17) is 0 Å². The molecule has 5 heteroatoms. The van der Waals surface area contributed by atoms with E-state index >= 15 is 0 Å². The summed E-state index contributed by atoms with van der Waals surface area (Å²) >= 11 is 0. The zero-order valence-electron chi connectivity index (χ0n) is 12.8. The summed E-state index contributed by atoms with van der Waals surface area (Å²) in [5, 5.41) is 0. The van der Waals surface area contributed by atoms with Crippen LogP contribution in [0.4, 0.5) is 0 Å². The van der Waals surface area contributed by atoms with Crippen LogP contribution < -0.4 is 0 Å². The predicted octanol–water partition coefficient (Wildman–Crippen LogP) is 3.72. The van der Waals surface area contributed by atoms with E-state index in [0.717, 1.165) is 33.9 Å². The van der Waals surface area contributed by atoms with E-state index < -0.39 is 0 Å². The smallest absolute Gasteiger partial charge is 0.150 e. The lowest BCUT2D eigenvalue weighted by Crippen LogP contribution is -1.84. The van der Waals surface area contributed by atoms with Gasteiger partial charge in [-0.05, 0) is 35.9 Å². The number of aldehydes is 1. The van der Waals surface area contributed by atoms with E-state index in [9.17, 15) is 4.79 Å². The molecule has 4 rings (SSSR count). The van der Waals surface area contributed by atoms with Crippen LogP contribution in [0, 0.1) is 0 Å². The van der Waals surface area contributed by atoms with Crippen molar-refractivity contribution in [3.05, 3.63) is 78.9 Å². The summed E-state index contributed by atoms with van der Waals surface area (Å²) in [6.07, 6.45) is 9.22. The van der Waals surface area contributed by atoms with E-state index in [1.807, 2.05) is 18.2 Å². The third-order valence-corrected chi connectivity index (χ3v) is 3.36. The molecule has 0 aliphatic heterocycles. The number of benzene rings is 2. The van der Waals surface area contributed by atoms with Gasteiger partial charge in [0.1, 0.15) is 6.29 Å². The first kappa shape index (κ1) is 15.4. The predicted molar refractivity (Wildman–Crippen MR) is 94.6 cm³/mol. The minimum atomic E-state index is 0.628. The van der Waals surface area contributed by atoms with Crippen molar-refractivity contribution >= 4 is 34.4 Å². The topological polar surface area (TPSA) is 68.6 Å². The maximum Gasteiger partial charge on any atom is 0.150 e. The molecule has 4 aromatic rings. The van der Waals surface area contributed by atoms with Gasteiger partial charge in [0.2, 0.25) is 0 Å². The number of hydrogen-bond donors (Lipinski definition) is 0. The van der Waals surface area contributed by atoms with Gasteiger partial charge in [-0.1, -0.05) is 18.7 Å². The van der Waals surface area contributed by atoms with Crippen LogP contribution in [-0.2, 0) is 0 Å². The Morgan fingerprint density at radius 3 is 1.62 bits per heavy atom. The molecular formula is C19H14N4O. The zero-order valence-corrected chi connectivity index (χ0v) is 12.8. The molecule has 116 valence electrons. The van der Waals surface area contributed by atoms with Crippen LogP contribution in [-0.4, -0.2) is 26.2 Å². The Morgan fingerprint density at radius 2 is 1.12 bits per heavy atom. The number of nitrogens with zero attached hydrogens (tertiary/aromatic N) is 4. The highest BCUT2D eigenvalue weighted by Gasteiger charge is 1.95. The summed E-state index contributed by atoms with van der Waals surface area (Å²) in [6, 6.07) is 11.1. The third kappa shape index (κ3) is 3.47. The van der Waals surface area contributed by atoms with E-state index in [-0.39, 0.29) is 0 Å². The molecule has 0 atom stereocenters. The van der Waals surface area contributed by atoms with Crippen LogP contribution in [0.2, 0.25) is 0 Å². The van der Waals surface area contributed by atoms with Gasteiger partial charge in [0, 0.05) is 30.4 Å². The number of fused-ring (bicyclic) bond motifs is 2. The molecular weight excluding hydrogens is 300 g/mol. The van der Waals surface area contributed by atoms with Gasteiger partial charge in [0.05, 0.1) is 22.1 Å². The van der Waals surface area contributed by atoms with E-state index in [1.165, 1.54) is 0 Å². The zero-order chi connectivity index (χ0) is 16.8. The Labute approximate surface area is 138 Å². The first-order valence-electron chi connectivity index (χ1n) is 7.29. The van der Waals surface area contributed by atoms with Crippen molar-refractivity contribution in [2.75, 3.05) is 0 Å². The van der Waals surface area contributed by atoms with Gasteiger partial charge in [-0.15, -0.1) is 0 Å². The second-order valence-electron chi connectivity index (χ2n) is 4.93. The van der Waals surface area contributed by atoms with Crippen molar-refractivity contribution < 1.29 is 4.79 Å². The Balaban J connectivity index is 0.000000141. The summed E-state index contributed by atoms with van der Waals surface area (Å²) in [7, 11) is 0. The van der Waals surface area contributed by atoms with Gasteiger partial charge in [0.25, 0.3) is 0 Å². The van der Waals surface area contributed by atoms with Crippen LogP contribution in [0.15, 0.2) is 67.8 Å². The largest absolute Gasteiger partial charge is 0.298 e. The van der Waals surface area contributed by atoms with E-state index in [0.29, 0.717) is 5.56 Å². The molecule has 0 aliphatic carbocycles. The average molecular weight is 314 g/mol. The average Bonchev–Trinajstić information content (AvgIpc) is 2.67. The standard InChI is InChI=1S/C10H8N2.C9H6N2O/c1-2-8-3-4-9-10(7-8)12-6-5-11-9;12-6-7-1-2-8-9(5-7)11-4-3-10-8/h2-7H,1H2;1-6H. The summed E-state index contributed by atoms with van der Waals surface area (Å²) in [4.78, 5) is 26.9. The Hall–Kier alpha value is -3.47. The molecule has 0 saturated carbocycles. The molecule has 2 aromatic heterocycles. The lowest BCUT2D eigenvalue weighted by Gasteiger charge is -1.95. The SMILES string of the molecule is C=Cc1ccc2nccnc2c1.O=Cc1ccc2nccnc2c1. The quantitative estimate of drug-likeness (QED) is 0.527. The number of carbonyl (C=O) groups is 1. The lowest BCUT2D eigenvalue weighted by molar-refractivity contribution is 0.112. The van der Waals surface area contributed by atoms with Gasteiger partial charge >= 0.3 is 0 Å². The number of rotatable bonds is 2. The van der Waals surface area contributed by atoms with Crippen LogP contribution in [0.3, 0.4) is 0 Å². The van der Waals surface area contributed by atoms with Gasteiger partial charge in [-0.2, -0.15) is 0 Å². The van der Waals surface area contributed by atoms with Crippen LogP contribution >= 0.6 is 0 Å². The highest BCUT2D eigenvalue weighted by atomic mass is 16.1. The molecule has 0 radical (unpaired) electrons. The molecule has 2 aromatic carbocycles. The summed E-state index contributed by atoms with van der Waals surface area (Å²) < 4.78 is 0. The van der Waals surface area contributed by atoms with Gasteiger partial charge in [-0.25, -0.2) is 0 Å². The molecule has 0 bridgehead atoms. The number of hydrogen-bond acceptors (Lipinski definition) is 5. The van der Waals surface area contributed by atoms with Gasteiger partial charge < -0.3 is 0 Å². The molecule has 0 amide bonds. The molecule has 0 unspecified atom stereocenters. The van der Waals surface area contributed by atoms with Crippen molar-refractivity contribution in [1.82, 2.24) is 19.9 Å². The second kappa shape index (κ2) is 7.19. The fourth-order valence-electron chi connectivity index (χ4n) is 2.16. The van der Waals surface area contributed by atoms with Gasteiger partial charge in [0.15, 0.2) is 0 Å². The van der Waals surface area contributed by atoms with Crippen molar-refractivity contribution in [2.45, 2.75) is 0 Å². The normalized spacial score (nSPS) is 10.0. The van der Waals surface area contributed by atoms with Crippen molar-refractivity contribution in [1.29, 1.82) is 0 Å². The summed E-state index contributed by atoms with van der Waals surface area (Å²) in [5.74, 6) is 0. The van der Waals surface area contributed by atoms with Crippen molar-refractivity contribution in [3.8, 4) is 0 Å². The maximum absolute atomic E-state index is 10.4. The van der Waals surface area contributed by atoms with E-state index in [1.54, 1.807) is 49.1 Å². The number of carbonyl (C=O) groups excluding carboxylic acids is 1. The molecule has 0 fully saturated rings.